The highest BCUT2D eigenvalue weighted by atomic mass is 127. The molecule has 2 unspecified atom stereocenters. The first-order valence-corrected chi connectivity index (χ1v) is 7.31. The van der Waals surface area contributed by atoms with Crippen molar-refractivity contribution in [2.75, 3.05) is 0 Å². The van der Waals surface area contributed by atoms with Crippen LogP contribution in [0.2, 0.25) is 0 Å². The van der Waals surface area contributed by atoms with Gasteiger partial charge in [0.25, 0.3) is 5.91 Å². The van der Waals surface area contributed by atoms with Crippen LogP contribution < -0.4 is 5.32 Å². The second kappa shape index (κ2) is 5.48. The number of aliphatic carboxylic acids is 1. The van der Waals surface area contributed by atoms with Crippen LogP contribution in [0.5, 0.6) is 0 Å². The summed E-state index contributed by atoms with van der Waals surface area (Å²) in [5, 5.41) is 12.2. The maximum Gasteiger partial charge on any atom is 0.311 e. The lowest BCUT2D eigenvalue weighted by Gasteiger charge is -2.27. The van der Waals surface area contributed by atoms with Gasteiger partial charge in [-0.3, -0.25) is 9.59 Å². The molecule has 1 amide bonds. The Morgan fingerprint density at radius 2 is 2.00 bits per heavy atom. The molecule has 2 N–H and O–H groups in total. The van der Waals surface area contributed by atoms with Crippen molar-refractivity contribution in [3.8, 4) is 0 Å². The molecule has 1 fully saturated rings. The van der Waals surface area contributed by atoms with Crippen LogP contribution in [-0.2, 0) is 4.79 Å². The molecule has 0 aromatic heterocycles. The van der Waals surface area contributed by atoms with Gasteiger partial charge in [-0.05, 0) is 66.6 Å². The third kappa shape index (κ3) is 2.91. The van der Waals surface area contributed by atoms with Gasteiger partial charge in [-0.25, -0.2) is 0 Å². The maximum absolute atomic E-state index is 12.1. The Labute approximate surface area is 125 Å². The van der Waals surface area contributed by atoms with Gasteiger partial charge in [0.05, 0.1) is 5.41 Å². The number of carboxylic acid groups (broad SMARTS) is 1. The summed E-state index contributed by atoms with van der Waals surface area (Å²) in [4.78, 5) is 23.5. The Morgan fingerprint density at radius 3 is 2.58 bits per heavy atom. The predicted molar refractivity (Wildman–Crippen MR) is 80.0 cm³/mol. The van der Waals surface area contributed by atoms with Gasteiger partial charge < -0.3 is 10.4 Å². The summed E-state index contributed by atoms with van der Waals surface area (Å²) in [6.45, 7) is 1.71. The fraction of sp³-hybridized carbons (Fsp3) is 0.429. The molecule has 0 heterocycles. The zero-order valence-corrected chi connectivity index (χ0v) is 12.8. The van der Waals surface area contributed by atoms with E-state index in [4.69, 9.17) is 0 Å². The van der Waals surface area contributed by atoms with Gasteiger partial charge in [-0.15, -0.1) is 0 Å². The molecule has 2 atom stereocenters. The number of carbonyl (C=O) groups excluding carboxylic acids is 1. The summed E-state index contributed by atoms with van der Waals surface area (Å²) in [6.07, 6.45) is 2.17. The summed E-state index contributed by atoms with van der Waals surface area (Å²) in [7, 11) is 0. The van der Waals surface area contributed by atoms with Gasteiger partial charge in [-0.1, -0.05) is 6.42 Å². The molecule has 102 valence electrons. The molecule has 0 saturated heterocycles. The molecule has 0 spiro atoms. The van der Waals surface area contributed by atoms with Crippen LogP contribution in [0.1, 0.15) is 36.5 Å². The first-order chi connectivity index (χ1) is 8.93. The molecule has 19 heavy (non-hydrogen) atoms. The average Bonchev–Trinajstić information content (AvgIpc) is 2.73. The fourth-order valence-corrected chi connectivity index (χ4v) is 2.86. The molecule has 5 heteroatoms. The minimum Gasteiger partial charge on any atom is -0.481 e. The summed E-state index contributed by atoms with van der Waals surface area (Å²) >= 11 is 2.17. The summed E-state index contributed by atoms with van der Waals surface area (Å²) in [5.41, 5.74) is -0.279. The van der Waals surface area contributed by atoms with E-state index in [2.05, 4.69) is 27.9 Å². The Kier molecular flexibility index (Phi) is 4.13. The summed E-state index contributed by atoms with van der Waals surface area (Å²) < 4.78 is 1.06. The third-order valence-electron chi connectivity index (χ3n) is 3.86. The Morgan fingerprint density at radius 1 is 1.37 bits per heavy atom. The van der Waals surface area contributed by atoms with E-state index in [1.807, 2.05) is 12.1 Å². The smallest absolute Gasteiger partial charge is 0.311 e. The average molecular weight is 373 g/mol. The van der Waals surface area contributed by atoms with Crippen molar-refractivity contribution in [2.24, 2.45) is 5.41 Å². The number of hydrogen-bond donors (Lipinski definition) is 2. The van der Waals surface area contributed by atoms with E-state index in [0.717, 1.165) is 16.4 Å². The SMILES string of the molecule is CC1(C(=O)O)CCCC1NC(=O)c1ccc(I)cc1. The predicted octanol–water partition coefficient (Wildman–Crippen LogP) is 2.66. The van der Waals surface area contributed by atoms with E-state index in [0.29, 0.717) is 12.0 Å². The van der Waals surface area contributed by atoms with Crippen LogP contribution in [0.3, 0.4) is 0 Å². The number of nitrogens with one attached hydrogen (secondary N) is 1. The number of rotatable bonds is 3. The van der Waals surface area contributed by atoms with E-state index in [1.54, 1.807) is 19.1 Å². The van der Waals surface area contributed by atoms with Crippen molar-refractivity contribution in [3.05, 3.63) is 33.4 Å². The Balaban J connectivity index is 2.10. The zero-order chi connectivity index (χ0) is 14.0. The normalized spacial score (nSPS) is 26.1. The van der Waals surface area contributed by atoms with Crippen molar-refractivity contribution in [1.29, 1.82) is 0 Å². The van der Waals surface area contributed by atoms with Crippen molar-refractivity contribution < 1.29 is 14.7 Å². The molecule has 0 radical (unpaired) electrons. The van der Waals surface area contributed by atoms with E-state index in [9.17, 15) is 14.7 Å². The number of amides is 1. The monoisotopic (exact) mass is 373 g/mol. The molecule has 1 aromatic rings. The van der Waals surface area contributed by atoms with Crippen LogP contribution in [-0.4, -0.2) is 23.0 Å². The molecule has 1 saturated carbocycles. The standard InChI is InChI=1S/C14H16INO3/c1-14(13(18)19)8-2-3-11(14)16-12(17)9-4-6-10(15)7-5-9/h4-7,11H,2-3,8H2,1H3,(H,16,17)(H,18,19). The number of carboxylic acids is 1. The van der Waals surface area contributed by atoms with E-state index < -0.39 is 11.4 Å². The van der Waals surface area contributed by atoms with Gasteiger partial charge in [0.2, 0.25) is 0 Å². The van der Waals surface area contributed by atoms with E-state index in [1.165, 1.54) is 0 Å². The van der Waals surface area contributed by atoms with Gasteiger partial charge in [0.1, 0.15) is 0 Å². The Hall–Kier alpha value is -1.11. The van der Waals surface area contributed by atoms with Gasteiger partial charge in [0, 0.05) is 15.2 Å². The van der Waals surface area contributed by atoms with Crippen molar-refractivity contribution in [3.63, 3.8) is 0 Å². The number of benzene rings is 1. The molecule has 0 bridgehead atoms. The molecule has 1 aliphatic carbocycles. The maximum atomic E-state index is 12.1. The summed E-state index contributed by atoms with van der Waals surface area (Å²) in [5.74, 6) is -1.03. The highest BCUT2D eigenvalue weighted by Crippen LogP contribution is 2.38. The van der Waals surface area contributed by atoms with Crippen molar-refractivity contribution in [2.45, 2.75) is 32.2 Å². The van der Waals surface area contributed by atoms with Crippen LogP contribution in [0.4, 0.5) is 0 Å². The van der Waals surface area contributed by atoms with Crippen molar-refractivity contribution in [1.82, 2.24) is 5.32 Å². The highest BCUT2D eigenvalue weighted by molar-refractivity contribution is 14.1. The first kappa shape index (κ1) is 14.3. The first-order valence-electron chi connectivity index (χ1n) is 6.23. The van der Waals surface area contributed by atoms with Crippen LogP contribution in [0.25, 0.3) is 0 Å². The zero-order valence-electron chi connectivity index (χ0n) is 10.6. The minimum atomic E-state index is -0.848. The molecule has 1 aromatic carbocycles. The minimum absolute atomic E-state index is 0.198. The highest BCUT2D eigenvalue weighted by Gasteiger charge is 2.45. The van der Waals surface area contributed by atoms with Crippen LogP contribution >= 0.6 is 22.6 Å². The fourth-order valence-electron chi connectivity index (χ4n) is 2.50. The topological polar surface area (TPSA) is 66.4 Å². The number of hydrogen-bond acceptors (Lipinski definition) is 2. The van der Waals surface area contributed by atoms with E-state index >= 15 is 0 Å². The second-order valence-corrected chi connectivity index (χ2v) is 6.39. The molecular weight excluding hydrogens is 357 g/mol. The second-order valence-electron chi connectivity index (χ2n) is 5.15. The van der Waals surface area contributed by atoms with Gasteiger partial charge in [0.15, 0.2) is 0 Å². The Bertz CT molecular complexity index is 500. The van der Waals surface area contributed by atoms with Crippen LogP contribution in [0.15, 0.2) is 24.3 Å². The number of halogens is 1. The molecule has 1 aliphatic rings. The lowest BCUT2D eigenvalue weighted by molar-refractivity contribution is -0.148. The summed E-state index contributed by atoms with van der Waals surface area (Å²) in [6, 6.07) is 6.94. The number of carbonyl (C=O) groups is 2. The third-order valence-corrected chi connectivity index (χ3v) is 4.58. The largest absolute Gasteiger partial charge is 0.481 e. The quantitative estimate of drug-likeness (QED) is 0.801. The lowest BCUT2D eigenvalue weighted by Crippen LogP contribution is -2.47. The van der Waals surface area contributed by atoms with E-state index in [-0.39, 0.29) is 11.9 Å². The van der Waals surface area contributed by atoms with Crippen LogP contribution in [0, 0.1) is 8.99 Å². The van der Waals surface area contributed by atoms with Crippen molar-refractivity contribution >= 4 is 34.5 Å². The molecule has 4 nitrogen and oxygen atoms in total. The van der Waals surface area contributed by atoms with Gasteiger partial charge in [-0.2, -0.15) is 0 Å². The lowest BCUT2D eigenvalue weighted by atomic mass is 9.85. The molecular formula is C14H16INO3. The molecule has 2 rings (SSSR count). The molecule has 0 aliphatic heterocycles. The van der Waals surface area contributed by atoms with Gasteiger partial charge >= 0.3 is 5.97 Å².